The molecular formula is C14H11FO4S2. The molecule has 1 aromatic carbocycles. The smallest absolute Gasteiger partial charge is 0.339 e. The van der Waals surface area contributed by atoms with Gasteiger partial charge in [-0.1, -0.05) is 11.8 Å². The van der Waals surface area contributed by atoms with Crippen molar-refractivity contribution in [1.29, 1.82) is 0 Å². The van der Waals surface area contributed by atoms with Gasteiger partial charge in [0.1, 0.15) is 16.2 Å². The Bertz CT molecular complexity index is 748. The third-order valence-electron chi connectivity index (χ3n) is 3.27. The first-order valence-corrected chi connectivity index (χ1v) is 8.76. The second kappa shape index (κ2) is 5.31. The Morgan fingerprint density at radius 2 is 2.00 bits per heavy atom. The van der Waals surface area contributed by atoms with Crippen LogP contribution in [-0.2, 0) is 14.6 Å². The molecule has 2 heterocycles. The first-order valence-electron chi connectivity index (χ1n) is 6.23. The number of ether oxygens (including phenoxy) is 1. The summed E-state index contributed by atoms with van der Waals surface area (Å²) >= 11 is 1.14. The van der Waals surface area contributed by atoms with Gasteiger partial charge in [-0.25, -0.2) is 17.6 Å². The van der Waals surface area contributed by atoms with Gasteiger partial charge in [-0.2, -0.15) is 0 Å². The Kier molecular flexibility index (Phi) is 3.62. The lowest BCUT2D eigenvalue weighted by molar-refractivity contribution is 0.0445. The standard InChI is InChI=1S/C14H11FO4S2/c15-10-3-1-9(2-4-10)13(16)19-12-5-7-20-14-11(12)6-8-21(14,17)18/h1-5,7,12H,6,8H2. The van der Waals surface area contributed by atoms with Gasteiger partial charge in [0.25, 0.3) is 0 Å². The molecule has 4 nitrogen and oxygen atoms in total. The van der Waals surface area contributed by atoms with Gasteiger partial charge in [0.05, 0.1) is 11.3 Å². The Balaban J connectivity index is 1.82. The molecule has 110 valence electrons. The maximum Gasteiger partial charge on any atom is 0.339 e. The van der Waals surface area contributed by atoms with Crippen molar-refractivity contribution in [3.05, 3.63) is 56.9 Å². The summed E-state index contributed by atoms with van der Waals surface area (Å²) in [5.74, 6) is -0.989. The number of thioether (sulfide) groups is 1. The molecule has 0 aromatic heterocycles. The lowest BCUT2D eigenvalue weighted by atomic mass is 10.1. The van der Waals surface area contributed by atoms with Crippen LogP contribution in [0, 0.1) is 5.82 Å². The van der Waals surface area contributed by atoms with E-state index in [1.165, 1.54) is 24.3 Å². The highest BCUT2D eigenvalue weighted by molar-refractivity contribution is 8.20. The van der Waals surface area contributed by atoms with Gasteiger partial charge in [0.15, 0.2) is 9.84 Å². The zero-order chi connectivity index (χ0) is 15.0. The minimum absolute atomic E-state index is 0.0525. The minimum atomic E-state index is -3.24. The highest BCUT2D eigenvalue weighted by Crippen LogP contribution is 2.41. The van der Waals surface area contributed by atoms with Crippen molar-refractivity contribution < 1.29 is 22.3 Å². The van der Waals surface area contributed by atoms with Gasteiger partial charge in [-0.05, 0) is 42.2 Å². The molecule has 21 heavy (non-hydrogen) atoms. The summed E-state index contributed by atoms with van der Waals surface area (Å²) in [6.45, 7) is 0. The highest BCUT2D eigenvalue weighted by Gasteiger charge is 2.36. The number of carbonyl (C=O) groups is 1. The Morgan fingerprint density at radius 1 is 1.29 bits per heavy atom. The number of hydrogen-bond donors (Lipinski definition) is 0. The van der Waals surface area contributed by atoms with Crippen molar-refractivity contribution in [2.24, 2.45) is 0 Å². The molecule has 1 aromatic rings. The average molecular weight is 326 g/mol. The molecule has 2 aliphatic heterocycles. The van der Waals surface area contributed by atoms with Gasteiger partial charge < -0.3 is 4.74 Å². The van der Waals surface area contributed by atoms with Gasteiger partial charge in [0.2, 0.25) is 0 Å². The van der Waals surface area contributed by atoms with Crippen molar-refractivity contribution in [3.8, 4) is 0 Å². The average Bonchev–Trinajstić information content (AvgIpc) is 2.76. The summed E-state index contributed by atoms with van der Waals surface area (Å²) < 4.78 is 42.1. The number of halogens is 1. The molecule has 0 N–H and O–H groups in total. The summed E-state index contributed by atoms with van der Waals surface area (Å²) in [6.07, 6.45) is 1.36. The lowest BCUT2D eigenvalue weighted by Gasteiger charge is -2.19. The number of rotatable bonds is 2. The van der Waals surface area contributed by atoms with Gasteiger partial charge in [-0.3, -0.25) is 0 Å². The molecule has 2 aliphatic rings. The molecule has 0 bridgehead atoms. The Labute approximate surface area is 125 Å². The van der Waals surface area contributed by atoms with E-state index in [0.29, 0.717) is 16.2 Å². The predicted molar refractivity (Wildman–Crippen MR) is 77.8 cm³/mol. The van der Waals surface area contributed by atoms with E-state index in [1.54, 1.807) is 11.5 Å². The maximum absolute atomic E-state index is 12.8. The van der Waals surface area contributed by atoms with E-state index in [-0.39, 0.29) is 11.3 Å². The summed E-state index contributed by atoms with van der Waals surface area (Å²) in [5, 5.41) is 1.62. The van der Waals surface area contributed by atoms with Crippen molar-refractivity contribution in [3.63, 3.8) is 0 Å². The summed E-state index contributed by atoms with van der Waals surface area (Å²) in [5.41, 5.74) is 0.851. The number of sulfone groups is 1. The minimum Gasteiger partial charge on any atom is -0.450 e. The second-order valence-corrected chi connectivity index (χ2v) is 7.88. The largest absolute Gasteiger partial charge is 0.450 e. The molecule has 1 atom stereocenters. The fourth-order valence-electron chi connectivity index (χ4n) is 2.21. The fraction of sp³-hybridized carbons (Fsp3) is 0.214. The zero-order valence-electron chi connectivity index (χ0n) is 10.8. The summed E-state index contributed by atoms with van der Waals surface area (Å²) in [6, 6.07) is 5.01. The van der Waals surface area contributed by atoms with Crippen molar-refractivity contribution >= 4 is 27.6 Å². The quantitative estimate of drug-likeness (QED) is 0.782. The summed E-state index contributed by atoms with van der Waals surface area (Å²) in [7, 11) is -3.24. The van der Waals surface area contributed by atoms with Crippen LogP contribution in [0.15, 0.2) is 45.6 Å². The van der Waals surface area contributed by atoms with E-state index in [1.807, 2.05) is 0 Å². The molecule has 0 spiro atoms. The van der Waals surface area contributed by atoms with Crippen LogP contribution in [0.2, 0.25) is 0 Å². The molecule has 0 amide bonds. The zero-order valence-corrected chi connectivity index (χ0v) is 12.4. The molecule has 0 aliphatic carbocycles. The topological polar surface area (TPSA) is 60.4 Å². The van der Waals surface area contributed by atoms with Crippen LogP contribution in [0.1, 0.15) is 16.8 Å². The molecule has 0 fully saturated rings. The number of benzene rings is 1. The van der Waals surface area contributed by atoms with Crippen molar-refractivity contribution in [2.45, 2.75) is 12.5 Å². The second-order valence-electron chi connectivity index (χ2n) is 4.66. The van der Waals surface area contributed by atoms with Crippen LogP contribution in [0.25, 0.3) is 0 Å². The van der Waals surface area contributed by atoms with Crippen LogP contribution in [0.5, 0.6) is 0 Å². The van der Waals surface area contributed by atoms with E-state index in [9.17, 15) is 17.6 Å². The SMILES string of the molecule is O=C(OC1C=CSC2=C1CCS2(=O)=O)c1ccc(F)cc1. The van der Waals surface area contributed by atoms with Gasteiger partial charge >= 0.3 is 5.97 Å². The molecule has 3 rings (SSSR count). The van der Waals surface area contributed by atoms with E-state index in [2.05, 4.69) is 0 Å². The number of carbonyl (C=O) groups excluding carboxylic acids is 1. The number of hydrogen-bond acceptors (Lipinski definition) is 5. The van der Waals surface area contributed by atoms with E-state index in [0.717, 1.165) is 11.8 Å². The van der Waals surface area contributed by atoms with E-state index < -0.39 is 27.7 Å². The normalized spacial score (nSPS) is 23.0. The monoisotopic (exact) mass is 326 g/mol. The predicted octanol–water partition coefficient (Wildman–Crippen LogP) is 2.64. The van der Waals surface area contributed by atoms with Crippen molar-refractivity contribution in [1.82, 2.24) is 0 Å². The van der Waals surface area contributed by atoms with Gasteiger partial charge in [-0.15, -0.1) is 0 Å². The van der Waals surface area contributed by atoms with Crippen molar-refractivity contribution in [2.75, 3.05) is 5.75 Å². The Morgan fingerprint density at radius 3 is 2.71 bits per heavy atom. The lowest BCUT2D eigenvalue weighted by Crippen LogP contribution is -2.20. The molecule has 0 saturated heterocycles. The maximum atomic E-state index is 12.8. The van der Waals surface area contributed by atoms with Crippen LogP contribution < -0.4 is 0 Å². The molecule has 1 unspecified atom stereocenters. The third-order valence-corrected chi connectivity index (χ3v) is 6.66. The fourth-order valence-corrected chi connectivity index (χ4v) is 5.22. The van der Waals surface area contributed by atoms with Crippen LogP contribution in [0.3, 0.4) is 0 Å². The molecule has 0 radical (unpaired) electrons. The third kappa shape index (κ3) is 2.75. The number of esters is 1. The first kappa shape index (κ1) is 14.3. The highest BCUT2D eigenvalue weighted by atomic mass is 32.3. The van der Waals surface area contributed by atoms with E-state index in [4.69, 9.17) is 4.74 Å². The Hall–Kier alpha value is -1.60. The van der Waals surface area contributed by atoms with Crippen LogP contribution in [-0.4, -0.2) is 26.2 Å². The molecule has 7 heteroatoms. The summed E-state index contributed by atoms with van der Waals surface area (Å²) in [4.78, 5) is 12.0. The van der Waals surface area contributed by atoms with Gasteiger partial charge in [0, 0.05) is 5.57 Å². The van der Waals surface area contributed by atoms with E-state index >= 15 is 0 Å². The molecular weight excluding hydrogens is 315 g/mol. The first-order chi connectivity index (χ1) is 9.97. The van der Waals surface area contributed by atoms with Crippen LogP contribution >= 0.6 is 11.8 Å². The van der Waals surface area contributed by atoms with Crippen LogP contribution in [0.4, 0.5) is 4.39 Å². The molecule has 0 saturated carbocycles.